The molecular formula is C23H19ClF2N2O2. The molecule has 0 aliphatic heterocycles. The first-order chi connectivity index (χ1) is 14.4. The lowest BCUT2D eigenvalue weighted by molar-refractivity contribution is 0.0953. The number of nitrogens with zero attached hydrogens (tertiary/aromatic N) is 1. The number of anilines is 1. The molecule has 0 unspecified atom stereocenters. The summed E-state index contributed by atoms with van der Waals surface area (Å²) in [5.41, 5.74) is 1.30. The topological polar surface area (TPSA) is 49.4 Å². The highest BCUT2D eigenvalue weighted by Gasteiger charge is 2.18. The molecule has 0 spiro atoms. The maximum atomic E-state index is 13.3. The second-order valence-electron chi connectivity index (χ2n) is 6.56. The largest absolute Gasteiger partial charge is 0.352 e. The molecule has 0 heterocycles. The predicted molar refractivity (Wildman–Crippen MR) is 113 cm³/mol. The smallest absolute Gasteiger partial charge is 0.258 e. The van der Waals surface area contributed by atoms with Crippen LogP contribution in [0.1, 0.15) is 27.1 Å². The van der Waals surface area contributed by atoms with Crippen LogP contribution in [0.5, 0.6) is 0 Å². The summed E-state index contributed by atoms with van der Waals surface area (Å²) >= 11 is 5.82. The summed E-state index contributed by atoms with van der Waals surface area (Å²) in [6.07, 6.45) is 0.462. The Labute approximate surface area is 178 Å². The van der Waals surface area contributed by atoms with Crippen molar-refractivity contribution in [2.45, 2.75) is 6.42 Å². The van der Waals surface area contributed by atoms with Gasteiger partial charge in [0.15, 0.2) is 0 Å². The molecule has 1 N–H and O–H groups in total. The van der Waals surface area contributed by atoms with Crippen LogP contribution in [0.4, 0.5) is 14.5 Å². The van der Waals surface area contributed by atoms with E-state index in [2.05, 4.69) is 5.32 Å². The normalized spacial score (nSPS) is 10.5. The van der Waals surface area contributed by atoms with Gasteiger partial charge in [0.25, 0.3) is 11.8 Å². The maximum Gasteiger partial charge on any atom is 0.258 e. The van der Waals surface area contributed by atoms with Crippen molar-refractivity contribution in [3.8, 4) is 0 Å². The third-order valence-corrected chi connectivity index (χ3v) is 4.68. The van der Waals surface area contributed by atoms with Gasteiger partial charge in [-0.3, -0.25) is 9.59 Å². The van der Waals surface area contributed by atoms with Gasteiger partial charge in [0.2, 0.25) is 0 Å². The zero-order chi connectivity index (χ0) is 21.5. The van der Waals surface area contributed by atoms with Crippen molar-refractivity contribution in [2.24, 2.45) is 0 Å². The van der Waals surface area contributed by atoms with Crippen molar-refractivity contribution in [2.75, 3.05) is 18.0 Å². The lowest BCUT2D eigenvalue weighted by atomic mass is 10.1. The number of amides is 2. The Morgan fingerprint density at radius 1 is 0.800 bits per heavy atom. The van der Waals surface area contributed by atoms with Crippen molar-refractivity contribution in [1.29, 1.82) is 0 Å². The van der Waals surface area contributed by atoms with E-state index in [1.54, 1.807) is 24.3 Å². The van der Waals surface area contributed by atoms with Crippen LogP contribution in [0.2, 0.25) is 5.02 Å². The van der Waals surface area contributed by atoms with Gasteiger partial charge in [-0.2, -0.15) is 0 Å². The molecule has 3 rings (SSSR count). The Balaban J connectivity index is 1.65. The SMILES string of the molecule is O=C(NCCCN(C(=O)c1ccc(F)cc1)c1ccc(F)cc1)c1ccc(Cl)cc1. The van der Waals surface area contributed by atoms with E-state index in [1.807, 2.05) is 0 Å². The van der Waals surface area contributed by atoms with E-state index >= 15 is 0 Å². The number of halogens is 3. The summed E-state index contributed by atoms with van der Waals surface area (Å²) in [6, 6.07) is 17.3. The van der Waals surface area contributed by atoms with Gasteiger partial charge in [0.1, 0.15) is 11.6 Å². The molecule has 3 aromatic rings. The zero-order valence-electron chi connectivity index (χ0n) is 15.9. The Bertz CT molecular complexity index is 1010. The summed E-state index contributed by atoms with van der Waals surface area (Å²) < 4.78 is 26.5. The van der Waals surface area contributed by atoms with Crippen LogP contribution >= 0.6 is 11.6 Å². The molecule has 2 amide bonds. The Kier molecular flexibility index (Phi) is 7.14. The van der Waals surface area contributed by atoms with Crippen molar-refractivity contribution < 1.29 is 18.4 Å². The lowest BCUT2D eigenvalue weighted by Gasteiger charge is -2.23. The predicted octanol–water partition coefficient (Wildman–Crippen LogP) is 5.09. The van der Waals surface area contributed by atoms with Crippen molar-refractivity contribution >= 4 is 29.1 Å². The fraction of sp³-hybridized carbons (Fsp3) is 0.130. The molecule has 7 heteroatoms. The second-order valence-corrected chi connectivity index (χ2v) is 6.99. The first kappa shape index (κ1) is 21.5. The van der Waals surface area contributed by atoms with E-state index in [0.29, 0.717) is 34.8 Å². The quantitative estimate of drug-likeness (QED) is 0.533. The zero-order valence-corrected chi connectivity index (χ0v) is 16.7. The lowest BCUT2D eigenvalue weighted by Crippen LogP contribution is -2.34. The number of carbonyl (C=O) groups excluding carboxylic acids is 2. The molecule has 3 aromatic carbocycles. The van der Waals surface area contributed by atoms with Crippen molar-refractivity contribution in [1.82, 2.24) is 5.32 Å². The first-order valence-electron chi connectivity index (χ1n) is 9.31. The average Bonchev–Trinajstić information content (AvgIpc) is 2.75. The highest BCUT2D eigenvalue weighted by Crippen LogP contribution is 2.19. The summed E-state index contributed by atoms with van der Waals surface area (Å²) in [6.45, 7) is 0.610. The molecule has 0 aromatic heterocycles. The van der Waals surface area contributed by atoms with E-state index in [1.165, 1.54) is 53.4 Å². The van der Waals surface area contributed by atoms with Crippen molar-refractivity contribution in [3.63, 3.8) is 0 Å². The van der Waals surface area contributed by atoms with Gasteiger partial charge < -0.3 is 10.2 Å². The van der Waals surface area contributed by atoms with Gasteiger partial charge in [-0.25, -0.2) is 8.78 Å². The number of nitrogens with one attached hydrogen (secondary N) is 1. The van der Waals surface area contributed by atoms with Crippen LogP contribution in [0.3, 0.4) is 0 Å². The van der Waals surface area contributed by atoms with Crippen molar-refractivity contribution in [3.05, 3.63) is 101 Å². The fourth-order valence-corrected chi connectivity index (χ4v) is 2.99. The van der Waals surface area contributed by atoms with Gasteiger partial charge >= 0.3 is 0 Å². The highest BCUT2D eigenvalue weighted by molar-refractivity contribution is 6.30. The van der Waals surface area contributed by atoms with Crippen LogP contribution < -0.4 is 10.2 Å². The monoisotopic (exact) mass is 428 g/mol. The van der Waals surface area contributed by atoms with Crippen LogP contribution in [-0.2, 0) is 0 Å². The summed E-state index contributed by atoms with van der Waals surface area (Å²) in [5, 5.41) is 3.33. The van der Waals surface area contributed by atoms with Gasteiger partial charge in [-0.05, 0) is 79.2 Å². The number of rotatable bonds is 7. The van der Waals surface area contributed by atoms with Gasteiger partial charge in [-0.1, -0.05) is 11.6 Å². The molecule has 0 saturated carbocycles. The number of hydrogen-bond acceptors (Lipinski definition) is 2. The standard InChI is InChI=1S/C23H19ClF2N2O2/c24-18-6-2-16(3-7-18)22(29)27-14-1-15-28(21-12-10-20(26)11-13-21)23(30)17-4-8-19(25)9-5-17/h2-13H,1,14-15H2,(H,27,29). The molecule has 30 heavy (non-hydrogen) atoms. The van der Waals surface area contributed by atoms with Crippen LogP contribution in [0.25, 0.3) is 0 Å². The number of benzene rings is 3. The van der Waals surface area contributed by atoms with E-state index < -0.39 is 11.6 Å². The Morgan fingerprint density at radius 2 is 1.33 bits per heavy atom. The fourth-order valence-electron chi connectivity index (χ4n) is 2.86. The highest BCUT2D eigenvalue weighted by atomic mass is 35.5. The molecule has 154 valence electrons. The molecular weight excluding hydrogens is 410 g/mol. The van der Waals surface area contributed by atoms with E-state index in [-0.39, 0.29) is 18.4 Å². The van der Waals surface area contributed by atoms with Crippen LogP contribution in [0, 0.1) is 11.6 Å². The minimum atomic E-state index is -0.440. The summed E-state index contributed by atoms with van der Waals surface area (Å²) in [5.74, 6) is -1.44. The molecule has 0 bridgehead atoms. The van der Waals surface area contributed by atoms with Gasteiger partial charge in [0.05, 0.1) is 0 Å². The molecule has 0 aliphatic carbocycles. The first-order valence-corrected chi connectivity index (χ1v) is 9.68. The maximum absolute atomic E-state index is 13.3. The van der Waals surface area contributed by atoms with Gasteiger partial charge in [0, 0.05) is 34.9 Å². The van der Waals surface area contributed by atoms with E-state index in [0.717, 1.165) is 0 Å². The molecule has 0 fully saturated rings. The Morgan fingerprint density at radius 3 is 1.93 bits per heavy atom. The average molecular weight is 429 g/mol. The van der Waals surface area contributed by atoms with E-state index in [9.17, 15) is 18.4 Å². The van der Waals surface area contributed by atoms with Crippen LogP contribution in [0.15, 0.2) is 72.8 Å². The Hall–Kier alpha value is -3.25. The second kappa shape index (κ2) is 9.98. The van der Waals surface area contributed by atoms with Gasteiger partial charge in [-0.15, -0.1) is 0 Å². The summed E-state index contributed by atoms with van der Waals surface area (Å²) in [4.78, 5) is 26.6. The third-order valence-electron chi connectivity index (χ3n) is 4.43. The van der Waals surface area contributed by atoms with E-state index in [4.69, 9.17) is 11.6 Å². The number of hydrogen-bond donors (Lipinski definition) is 1. The summed E-state index contributed by atoms with van der Waals surface area (Å²) in [7, 11) is 0. The molecule has 4 nitrogen and oxygen atoms in total. The minimum absolute atomic E-state index is 0.246. The number of carbonyl (C=O) groups is 2. The van der Waals surface area contributed by atoms with Crippen LogP contribution in [-0.4, -0.2) is 24.9 Å². The molecule has 0 saturated heterocycles. The third kappa shape index (κ3) is 5.64. The minimum Gasteiger partial charge on any atom is -0.352 e. The molecule has 0 atom stereocenters. The molecule has 0 radical (unpaired) electrons. The molecule has 0 aliphatic rings.